The lowest BCUT2D eigenvalue weighted by molar-refractivity contribution is 0.592. The summed E-state index contributed by atoms with van der Waals surface area (Å²) in [5, 5.41) is 10.2. The first-order chi connectivity index (χ1) is 7.07. The molecule has 0 spiro atoms. The van der Waals surface area contributed by atoms with Gasteiger partial charge in [-0.3, -0.25) is 0 Å². The van der Waals surface area contributed by atoms with Crippen molar-refractivity contribution >= 4 is 9.84 Å². The summed E-state index contributed by atoms with van der Waals surface area (Å²) in [5.41, 5.74) is 0.493. The zero-order chi connectivity index (χ0) is 10.9. The van der Waals surface area contributed by atoms with Gasteiger partial charge >= 0.3 is 0 Å². The molecule has 2 heterocycles. The molecule has 0 aliphatic carbocycles. The van der Waals surface area contributed by atoms with Crippen LogP contribution in [0.1, 0.15) is 0 Å². The van der Waals surface area contributed by atoms with Crippen LogP contribution in [0.2, 0.25) is 0 Å². The van der Waals surface area contributed by atoms with Crippen LogP contribution in [0.5, 0.6) is 0 Å². The highest BCUT2D eigenvalue weighted by Crippen LogP contribution is 2.04. The molecule has 0 fully saturated rings. The van der Waals surface area contributed by atoms with E-state index in [0.717, 1.165) is 6.26 Å². The molecular weight excluding hydrogens is 220 g/mol. The second kappa shape index (κ2) is 3.35. The van der Waals surface area contributed by atoms with E-state index in [0.29, 0.717) is 5.69 Å². The molecule has 9 heteroatoms. The molecule has 0 aromatic carbocycles. The Morgan fingerprint density at radius 3 is 2.40 bits per heavy atom. The quantitative estimate of drug-likeness (QED) is 0.596. The van der Waals surface area contributed by atoms with E-state index in [4.69, 9.17) is 0 Å². The third-order valence-corrected chi connectivity index (χ3v) is 2.43. The first-order valence-corrected chi connectivity index (χ1v) is 5.72. The second-order valence-electron chi connectivity index (χ2n) is 2.75. The van der Waals surface area contributed by atoms with E-state index < -0.39 is 9.84 Å². The fourth-order valence-corrected chi connectivity index (χ4v) is 1.39. The number of hydrogen-bond acceptors (Lipinski definition) is 7. The maximum absolute atomic E-state index is 11.1. The number of rotatable bonds is 2. The fourth-order valence-electron chi connectivity index (χ4n) is 0.899. The molecule has 0 aliphatic rings. The molecule has 8 nitrogen and oxygen atoms in total. The van der Waals surface area contributed by atoms with E-state index in [1.807, 2.05) is 0 Å². The van der Waals surface area contributed by atoms with Crippen molar-refractivity contribution in [3.8, 4) is 5.69 Å². The van der Waals surface area contributed by atoms with E-state index in [2.05, 4.69) is 25.5 Å². The minimum absolute atomic E-state index is 0.223. The minimum atomic E-state index is -3.37. The van der Waals surface area contributed by atoms with Crippen LogP contribution in [0.3, 0.4) is 0 Å². The topological polar surface area (TPSA) is 104 Å². The van der Waals surface area contributed by atoms with E-state index in [1.54, 1.807) is 0 Å². The molecule has 0 unspecified atom stereocenters. The van der Waals surface area contributed by atoms with Gasteiger partial charge in [-0.25, -0.2) is 18.4 Å². The first kappa shape index (κ1) is 9.65. The van der Waals surface area contributed by atoms with Gasteiger partial charge in [0.1, 0.15) is 12.0 Å². The van der Waals surface area contributed by atoms with Crippen molar-refractivity contribution in [3.63, 3.8) is 0 Å². The van der Waals surface area contributed by atoms with Gasteiger partial charge in [-0.15, -0.1) is 5.10 Å². The van der Waals surface area contributed by atoms with Crippen LogP contribution in [0.25, 0.3) is 5.69 Å². The molecule has 0 bridgehead atoms. The van der Waals surface area contributed by atoms with Crippen LogP contribution in [0.4, 0.5) is 0 Å². The van der Waals surface area contributed by atoms with Crippen LogP contribution in [-0.2, 0) is 9.84 Å². The Balaban J connectivity index is 2.42. The predicted octanol–water partition coefficient (Wildman–Crippen LogP) is -1.14. The predicted molar refractivity (Wildman–Crippen MR) is 47.9 cm³/mol. The first-order valence-electron chi connectivity index (χ1n) is 3.83. The summed E-state index contributed by atoms with van der Waals surface area (Å²) in [7, 11) is -3.37. The van der Waals surface area contributed by atoms with Crippen LogP contribution in [-0.4, -0.2) is 44.8 Å². The summed E-state index contributed by atoms with van der Waals surface area (Å²) in [5.74, 6) is 0. The Bertz CT molecular complexity index is 546. The standard InChI is InChI=1S/C6H6N6O2S/c1-15(13,14)6-7-2-5(3-8-6)12-4-9-10-11-12/h2-4H,1H3. The minimum Gasteiger partial charge on any atom is -0.225 e. The Morgan fingerprint density at radius 2 is 1.93 bits per heavy atom. The summed E-state index contributed by atoms with van der Waals surface area (Å²) < 4.78 is 23.4. The smallest absolute Gasteiger partial charge is 0.225 e. The van der Waals surface area contributed by atoms with Crippen molar-refractivity contribution in [1.82, 2.24) is 30.2 Å². The molecule has 0 radical (unpaired) electrons. The lowest BCUT2D eigenvalue weighted by atomic mass is 10.5. The third kappa shape index (κ3) is 1.96. The van der Waals surface area contributed by atoms with E-state index in [-0.39, 0.29) is 5.16 Å². The molecule has 0 saturated carbocycles. The summed E-state index contributed by atoms with van der Waals surface area (Å²) >= 11 is 0. The number of sulfone groups is 1. The average molecular weight is 226 g/mol. The highest BCUT2D eigenvalue weighted by molar-refractivity contribution is 7.90. The van der Waals surface area contributed by atoms with Crippen LogP contribution < -0.4 is 0 Å². The molecule has 2 aromatic heterocycles. The summed E-state index contributed by atoms with van der Waals surface area (Å²) in [6, 6.07) is 0. The van der Waals surface area contributed by atoms with Crippen molar-refractivity contribution in [1.29, 1.82) is 0 Å². The Labute approximate surface area is 84.9 Å². The average Bonchev–Trinajstić information content (AvgIpc) is 2.69. The number of hydrogen-bond donors (Lipinski definition) is 0. The lowest BCUT2D eigenvalue weighted by Crippen LogP contribution is -2.05. The lowest BCUT2D eigenvalue weighted by Gasteiger charge is -1.98. The summed E-state index contributed by atoms with van der Waals surface area (Å²) in [6.45, 7) is 0. The molecule has 0 N–H and O–H groups in total. The van der Waals surface area contributed by atoms with Crippen molar-refractivity contribution < 1.29 is 8.42 Å². The van der Waals surface area contributed by atoms with Gasteiger partial charge < -0.3 is 0 Å². The molecule has 2 rings (SSSR count). The van der Waals surface area contributed by atoms with Gasteiger partial charge in [-0.2, -0.15) is 4.68 Å². The number of aromatic nitrogens is 6. The van der Waals surface area contributed by atoms with E-state index in [1.165, 1.54) is 23.4 Å². The molecule has 0 aliphatic heterocycles. The maximum atomic E-state index is 11.1. The van der Waals surface area contributed by atoms with Gasteiger partial charge in [0.2, 0.25) is 15.0 Å². The number of nitrogens with zero attached hydrogens (tertiary/aromatic N) is 6. The number of tetrazole rings is 1. The van der Waals surface area contributed by atoms with Crippen molar-refractivity contribution in [3.05, 3.63) is 18.7 Å². The van der Waals surface area contributed by atoms with Gasteiger partial charge in [-0.1, -0.05) is 0 Å². The molecule has 78 valence electrons. The molecule has 2 aromatic rings. The fraction of sp³-hybridized carbons (Fsp3) is 0.167. The van der Waals surface area contributed by atoms with Crippen molar-refractivity contribution in [2.45, 2.75) is 5.16 Å². The Kier molecular flexibility index (Phi) is 2.15. The molecule has 0 atom stereocenters. The monoisotopic (exact) mass is 226 g/mol. The maximum Gasteiger partial charge on any atom is 0.246 e. The van der Waals surface area contributed by atoms with Crippen LogP contribution in [0.15, 0.2) is 23.9 Å². The molecule has 0 saturated heterocycles. The van der Waals surface area contributed by atoms with E-state index in [9.17, 15) is 8.42 Å². The second-order valence-corrected chi connectivity index (χ2v) is 4.66. The summed E-state index contributed by atoms with van der Waals surface area (Å²) in [4.78, 5) is 7.38. The van der Waals surface area contributed by atoms with Gasteiger partial charge in [0.15, 0.2) is 0 Å². The SMILES string of the molecule is CS(=O)(=O)c1ncc(-n2cnnn2)cn1. The molecule has 0 amide bonds. The summed E-state index contributed by atoms with van der Waals surface area (Å²) in [6.07, 6.45) is 5.07. The van der Waals surface area contributed by atoms with E-state index >= 15 is 0 Å². The van der Waals surface area contributed by atoms with Crippen molar-refractivity contribution in [2.24, 2.45) is 0 Å². The third-order valence-electron chi connectivity index (χ3n) is 1.56. The Morgan fingerprint density at radius 1 is 1.27 bits per heavy atom. The molecular formula is C6H6N6O2S. The zero-order valence-electron chi connectivity index (χ0n) is 7.64. The highest BCUT2D eigenvalue weighted by atomic mass is 32.2. The van der Waals surface area contributed by atoms with Crippen molar-refractivity contribution in [2.75, 3.05) is 6.26 Å². The van der Waals surface area contributed by atoms with Crippen LogP contribution in [0, 0.1) is 0 Å². The normalized spacial score (nSPS) is 11.5. The highest BCUT2D eigenvalue weighted by Gasteiger charge is 2.10. The van der Waals surface area contributed by atoms with Gasteiger partial charge in [0, 0.05) is 6.26 Å². The Hall–Kier alpha value is -1.90. The largest absolute Gasteiger partial charge is 0.246 e. The molecule has 15 heavy (non-hydrogen) atoms. The van der Waals surface area contributed by atoms with Gasteiger partial charge in [0.05, 0.1) is 12.4 Å². The van der Waals surface area contributed by atoms with Crippen LogP contribution >= 0.6 is 0 Å². The van der Waals surface area contributed by atoms with Gasteiger partial charge in [-0.05, 0) is 10.4 Å². The van der Waals surface area contributed by atoms with Gasteiger partial charge in [0.25, 0.3) is 0 Å². The zero-order valence-corrected chi connectivity index (χ0v) is 8.46.